The van der Waals surface area contributed by atoms with Crippen LogP contribution in [0.2, 0.25) is 0 Å². The number of nitrogens with one attached hydrogen (secondary N) is 1. The van der Waals surface area contributed by atoms with Crippen molar-refractivity contribution in [3.05, 3.63) is 89.1 Å². The Morgan fingerprint density at radius 1 is 1.00 bits per heavy atom. The highest BCUT2D eigenvalue weighted by atomic mass is 32.2. The number of hydrogen-bond donors (Lipinski definition) is 1. The van der Waals surface area contributed by atoms with Crippen LogP contribution in [0.1, 0.15) is 22.2 Å². The highest BCUT2D eigenvalue weighted by Gasteiger charge is 2.24. The highest BCUT2D eigenvalue weighted by Crippen LogP contribution is 2.32. The molecule has 0 fully saturated rings. The number of halogens is 1. The van der Waals surface area contributed by atoms with Gasteiger partial charge < -0.3 is 5.32 Å². The minimum Gasteiger partial charge on any atom is -0.321 e. The van der Waals surface area contributed by atoms with E-state index < -0.39 is 10.0 Å². The molecule has 32 heavy (non-hydrogen) atoms. The van der Waals surface area contributed by atoms with E-state index in [-0.39, 0.29) is 23.2 Å². The van der Waals surface area contributed by atoms with Gasteiger partial charge in [-0.2, -0.15) is 0 Å². The van der Waals surface area contributed by atoms with Gasteiger partial charge in [0.05, 0.1) is 15.5 Å². The summed E-state index contributed by atoms with van der Waals surface area (Å²) in [5.41, 5.74) is 2.01. The van der Waals surface area contributed by atoms with E-state index in [0.29, 0.717) is 16.3 Å². The van der Waals surface area contributed by atoms with E-state index in [0.717, 1.165) is 15.6 Å². The number of anilines is 2. The monoisotopic (exact) mass is 468 g/mol. The Bertz CT molecular complexity index is 1380. The van der Waals surface area contributed by atoms with Gasteiger partial charge in [0.15, 0.2) is 0 Å². The molecule has 0 atom stereocenters. The standard InChI is InChI=1S/C24H21FN2O3S2/c1-3-27(32(29,30)21-11-4-16(2)5-12-21)20-10-13-22-17(14-20)15-23(31-22)24(28)26-19-8-6-18(25)7-9-19/h4-15H,3H2,1-2H3,(H,26,28). The van der Waals surface area contributed by atoms with Gasteiger partial charge in [0, 0.05) is 16.9 Å². The Balaban J connectivity index is 1.63. The second kappa shape index (κ2) is 8.72. The topological polar surface area (TPSA) is 66.5 Å². The summed E-state index contributed by atoms with van der Waals surface area (Å²) < 4.78 is 41.7. The first-order chi connectivity index (χ1) is 15.3. The molecular formula is C24H21FN2O3S2. The maximum atomic E-state index is 13.2. The lowest BCUT2D eigenvalue weighted by Crippen LogP contribution is -2.30. The molecule has 164 valence electrons. The predicted molar refractivity (Wildman–Crippen MR) is 128 cm³/mol. The number of carbonyl (C=O) groups is 1. The summed E-state index contributed by atoms with van der Waals surface area (Å²) in [7, 11) is -3.72. The number of fused-ring (bicyclic) bond motifs is 1. The molecule has 8 heteroatoms. The molecule has 5 nitrogen and oxygen atoms in total. The first kappa shape index (κ1) is 22.0. The lowest BCUT2D eigenvalue weighted by molar-refractivity contribution is 0.103. The molecule has 4 aromatic rings. The molecule has 0 radical (unpaired) electrons. The Morgan fingerprint density at radius 3 is 2.34 bits per heavy atom. The summed E-state index contributed by atoms with van der Waals surface area (Å²) in [5, 5.41) is 3.52. The molecule has 1 N–H and O–H groups in total. The summed E-state index contributed by atoms with van der Waals surface area (Å²) in [6.45, 7) is 3.96. The van der Waals surface area contributed by atoms with Crippen LogP contribution in [0.4, 0.5) is 15.8 Å². The highest BCUT2D eigenvalue weighted by molar-refractivity contribution is 7.92. The van der Waals surface area contributed by atoms with E-state index in [1.807, 2.05) is 13.0 Å². The Hall–Kier alpha value is -3.23. The molecule has 1 heterocycles. The van der Waals surface area contributed by atoms with Gasteiger partial charge in [-0.15, -0.1) is 11.3 Å². The lowest BCUT2D eigenvalue weighted by atomic mass is 10.2. The van der Waals surface area contributed by atoms with Crippen molar-refractivity contribution in [2.24, 2.45) is 0 Å². The summed E-state index contributed by atoms with van der Waals surface area (Å²) in [6.07, 6.45) is 0. The number of sulfonamides is 1. The van der Waals surface area contributed by atoms with Crippen molar-refractivity contribution in [2.45, 2.75) is 18.7 Å². The van der Waals surface area contributed by atoms with Crippen molar-refractivity contribution < 1.29 is 17.6 Å². The smallest absolute Gasteiger partial charge is 0.265 e. The number of benzene rings is 3. The van der Waals surface area contributed by atoms with E-state index in [9.17, 15) is 17.6 Å². The Labute approximate surface area is 190 Å². The van der Waals surface area contributed by atoms with Crippen molar-refractivity contribution in [3.63, 3.8) is 0 Å². The summed E-state index contributed by atoms with van der Waals surface area (Å²) in [5.74, 6) is -0.683. The van der Waals surface area contributed by atoms with Crippen LogP contribution in [0.3, 0.4) is 0 Å². The summed E-state index contributed by atoms with van der Waals surface area (Å²) in [6, 6.07) is 19.4. The van der Waals surface area contributed by atoms with Crippen LogP contribution < -0.4 is 9.62 Å². The zero-order valence-electron chi connectivity index (χ0n) is 17.5. The molecule has 0 bridgehead atoms. The van der Waals surface area contributed by atoms with Gasteiger partial charge in [-0.25, -0.2) is 12.8 Å². The largest absolute Gasteiger partial charge is 0.321 e. The number of thiophene rings is 1. The fourth-order valence-corrected chi connectivity index (χ4v) is 5.76. The SMILES string of the molecule is CCN(c1ccc2sc(C(=O)Nc3ccc(F)cc3)cc2c1)S(=O)(=O)c1ccc(C)cc1. The molecule has 0 aliphatic rings. The molecule has 0 spiro atoms. The molecule has 0 aliphatic heterocycles. The fourth-order valence-electron chi connectivity index (χ4n) is 3.35. The zero-order chi connectivity index (χ0) is 22.9. The van der Waals surface area contributed by atoms with Gasteiger partial charge in [0.2, 0.25) is 0 Å². The molecule has 0 saturated carbocycles. The maximum Gasteiger partial charge on any atom is 0.265 e. The fraction of sp³-hybridized carbons (Fsp3) is 0.125. The van der Waals surface area contributed by atoms with Gasteiger partial charge in [-0.3, -0.25) is 9.10 Å². The molecule has 1 aromatic heterocycles. The van der Waals surface area contributed by atoms with Crippen LogP contribution >= 0.6 is 11.3 Å². The summed E-state index contributed by atoms with van der Waals surface area (Å²) in [4.78, 5) is 13.3. The number of rotatable bonds is 6. The number of carbonyl (C=O) groups excluding carboxylic acids is 1. The van der Waals surface area contributed by atoms with Crippen molar-refractivity contribution in [2.75, 3.05) is 16.2 Å². The minimum absolute atomic E-state index is 0.231. The third-order valence-electron chi connectivity index (χ3n) is 5.01. The average molecular weight is 469 g/mol. The lowest BCUT2D eigenvalue weighted by Gasteiger charge is -2.23. The Kier molecular flexibility index (Phi) is 5.99. The van der Waals surface area contributed by atoms with Crippen LogP contribution in [0, 0.1) is 12.7 Å². The maximum absolute atomic E-state index is 13.2. The van der Waals surface area contributed by atoms with Crippen LogP contribution in [0.25, 0.3) is 10.1 Å². The number of nitrogens with zero attached hydrogens (tertiary/aromatic N) is 1. The van der Waals surface area contributed by atoms with Gasteiger partial charge in [0.1, 0.15) is 5.82 Å². The van der Waals surface area contributed by atoms with Crippen molar-refractivity contribution in [1.82, 2.24) is 0 Å². The molecule has 4 rings (SSSR count). The van der Waals surface area contributed by atoms with Gasteiger partial charge in [0.25, 0.3) is 15.9 Å². The second-order valence-electron chi connectivity index (χ2n) is 7.28. The summed E-state index contributed by atoms with van der Waals surface area (Å²) >= 11 is 1.31. The second-order valence-corrected chi connectivity index (χ2v) is 10.2. The first-order valence-corrected chi connectivity index (χ1v) is 12.2. The third kappa shape index (κ3) is 4.37. The minimum atomic E-state index is -3.72. The van der Waals surface area contributed by atoms with Gasteiger partial charge in [-0.05, 0) is 79.9 Å². The molecule has 1 amide bonds. The molecule has 0 unspecified atom stereocenters. The molecule has 0 aliphatic carbocycles. The predicted octanol–water partition coefficient (Wildman–Crippen LogP) is 5.82. The van der Waals surface area contributed by atoms with E-state index >= 15 is 0 Å². The van der Waals surface area contributed by atoms with Gasteiger partial charge in [-0.1, -0.05) is 17.7 Å². The van der Waals surface area contributed by atoms with Crippen LogP contribution in [-0.4, -0.2) is 20.9 Å². The van der Waals surface area contributed by atoms with Crippen LogP contribution in [0.15, 0.2) is 77.7 Å². The average Bonchev–Trinajstić information content (AvgIpc) is 3.20. The van der Waals surface area contributed by atoms with E-state index in [1.165, 1.54) is 39.9 Å². The van der Waals surface area contributed by atoms with E-state index in [2.05, 4.69) is 5.32 Å². The molecule has 3 aromatic carbocycles. The molecular weight excluding hydrogens is 447 g/mol. The normalized spacial score (nSPS) is 11.5. The van der Waals surface area contributed by atoms with Crippen LogP contribution in [0.5, 0.6) is 0 Å². The van der Waals surface area contributed by atoms with E-state index in [4.69, 9.17) is 0 Å². The van der Waals surface area contributed by atoms with Crippen molar-refractivity contribution >= 4 is 48.7 Å². The van der Waals surface area contributed by atoms with Crippen molar-refractivity contribution in [3.8, 4) is 0 Å². The number of amides is 1. The molecule has 0 saturated heterocycles. The zero-order valence-corrected chi connectivity index (χ0v) is 19.1. The van der Waals surface area contributed by atoms with Crippen molar-refractivity contribution in [1.29, 1.82) is 0 Å². The third-order valence-corrected chi connectivity index (χ3v) is 8.04. The Morgan fingerprint density at radius 2 is 1.69 bits per heavy atom. The van der Waals surface area contributed by atoms with Gasteiger partial charge >= 0.3 is 0 Å². The number of hydrogen-bond acceptors (Lipinski definition) is 4. The quantitative estimate of drug-likeness (QED) is 0.388. The first-order valence-electron chi connectivity index (χ1n) is 9.98. The van der Waals surface area contributed by atoms with Crippen LogP contribution in [-0.2, 0) is 10.0 Å². The number of aryl methyl sites for hydroxylation is 1. The van der Waals surface area contributed by atoms with E-state index in [1.54, 1.807) is 49.4 Å².